The van der Waals surface area contributed by atoms with E-state index in [4.69, 9.17) is 0 Å². The van der Waals surface area contributed by atoms with Crippen LogP contribution in [0.25, 0.3) is 0 Å². The van der Waals surface area contributed by atoms with Crippen LogP contribution in [0.1, 0.15) is 18.4 Å². The van der Waals surface area contributed by atoms with Crippen molar-refractivity contribution in [3.8, 4) is 0 Å². The quantitative estimate of drug-likeness (QED) is 0.802. The van der Waals surface area contributed by atoms with Gasteiger partial charge in [0.2, 0.25) is 5.91 Å². The van der Waals surface area contributed by atoms with E-state index in [1.165, 1.54) is 0 Å². The topological polar surface area (TPSA) is 54.5 Å². The lowest BCUT2D eigenvalue weighted by Crippen LogP contribution is -2.35. The SMILES string of the molecule is C=CC1C2CCCN2C(=O)C1S(=O)(=O)c1ccc(C)cc1. The summed E-state index contributed by atoms with van der Waals surface area (Å²) < 4.78 is 25.7. The van der Waals surface area contributed by atoms with Crippen LogP contribution < -0.4 is 0 Å². The van der Waals surface area contributed by atoms with E-state index in [-0.39, 0.29) is 22.8 Å². The van der Waals surface area contributed by atoms with Gasteiger partial charge in [0, 0.05) is 18.5 Å². The Morgan fingerprint density at radius 3 is 2.57 bits per heavy atom. The molecule has 2 aliphatic rings. The summed E-state index contributed by atoms with van der Waals surface area (Å²) >= 11 is 0. The van der Waals surface area contributed by atoms with Gasteiger partial charge in [-0.15, -0.1) is 6.58 Å². The van der Waals surface area contributed by atoms with E-state index < -0.39 is 15.1 Å². The summed E-state index contributed by atoms with van der Waals surface area (Å²) in [6, 6.07) is 6.69. The number of carbonyl (C=O) groups excluding carboxylic acids is 1. The molecule has 2 aliphatic heterocycles. The van der Waals surface area contributed by atoms with E-state index in [1.54, 1.807) is 35.2 Å². The molecule has 0 N–H and O–H groups in total. The Labute approximate surface area is 125 Å². The lowest BCUT2D eigenvalue weighted by Gasteiger charge is -2.18. The highest BCUT2D eigenvalue weighted by Gasteiger charge is 2.54. The lowest BCUT2D eigenvalue weighted by molar-refractivity contribution is -0.127. The fourth-order valence-electron chi connectivity index (χ4n) is 3.49. The summed E-state index contributed by atoms with van der Waals surface area (Å²) in [6.07, 6.45) is 3.45. The Bertz CT molecular complexity index is 678. The summed E-state index contributed by atoms with van der Waals surface area (Å²) in [5.74, 6) is -0.575. The van der Waals surface area contributed by atoms with Gasteiger partial charge in [0.25, 0.3) is 0 Å². The van der Waals surface area contributed by atoms with Crippen LogP contribution in [0.15, 0.2) is 41.8 Å². The third-order valence-corrected chi connectivity index (χ3v) is 6.69. The first-order chi connectivity index (χ1) is 9.96. The van der Waals surface area contributed by atoms with Gasteiger partial charge in [-0.05, 0) is 31.9 Å². The summed E-state index contributed by atoms with van der Waals surface area (Å²) in [7, 11) is -3.67. The lowest BCUT2D eigenvalue weighted by atomic mass is 9.98. The van der Waals surface area contributed by atoms with E-state index >= 15 is 0 Å². The molecule has 0 radical (unpaired) electrons. The van der Waals surface area contributed by atoms with Gasteiger partial charge < -0.3 is 4.90 Å². The molecule has 2 saturated heterocycles. The first-order valence-corrected chi connectivity index (χ1v) is 8.75. The first-order valence-electron chi connectivity index (χ1n) is 7.20. The fourth-order valence-corrected chi connectivity index (χ4v) is 5.41. The van der Waals surface area contributed by atoms with Gasteiger partial charge in [0.1, 0.15) is 0 Å². The number of rotatable bonds is 3. The zero-order chi connectivity index (χ0) is 15.2. The molecule has 1 aromatic carbocycles. The predicted molar refractivity (Wildman–Crippen MR) is 80.6 cm³/mol. The molecule has 1 aromatic rings. The molecule has 1 amide bonds. The standard InChI is InChI=1S/C16H19NO3S/c1-3-13-14-5-4-10-17(14)16(18)15(13)21(19,20)12-8-6-11(2)7-9-12/h3,6-9,13-15H,1,4-5,10H2,2H3. The summed E-state index contributed by atoms with van der Waals surface area (Å²) in [5.41, 5.74) is 0.993. The van der Waals surface area contributed by atoms with Gasteiger partial charge in [-0.1, -0.05) is 23.8 Å². The molecule has 3 unspecified atom stereocenters. The highest BCUT2D eigenvalue weighted by molar-refractivity contribution is 7.92. The molecule has 2 heterocycles. The molecule has 0 bridgehead atoms. The van der Waals surface area contributed by atoms with Gasteiger partial charge >= 0.3 is 0 Å². The number of sulfone groups is 1. The molecule has 21 heavy (non-hydrogen) atoms. The van der Waals surface area contributed by atoms with Crippen LogP contribution in [0, 0.1) is 12.8 Å². The number of aryl methyl sites for hydroxylation is 1. The number of hydrogen-bond acceptors (Lipinski definition) is 3. The molecule has 4 nitrogen and oxygen atoms in total. The van der Waals surface area contributed by atoms with Gasteiger partial charge in [0.05, 0.1) is 4.90 Å². The normalized spacial score (nSPS) is 28.7. The van der Waals surface area contributed by atoms with E-state index in [0.717, 1.165) is 18.4 Å². The molecule has 3 rings (SSSR count). The molecule has 2 fully saturated rings. The second kappa shape index (κ2) is 4.98. The van der Waals surface area contributed by atoms with E-state index in [1.807, 2.05) is 6.92 Å². The number of amides is 1. The van der Waals surface area contributed by atoms with Crippen molar-refractivity contribution < 1.29 is 13.2 Å². The monoisotopic (exact) mass is 305 g/mol. The maximum atomic E-state index is 12.9. The molecule has 0 spiro atoms. The molecular weight excluding hydrogens is 286 g/mol. The van der Waals surface area contributed by atoms with Crippen molar-refractivity contribution in [1.29, 1.82) is 0 Å². The Hall–Kier alpha value is -1.62. The molecule has 0 saturated carbocycles. The van der Waals surface area contributed by atoms with Crippen molar-refractivity contribution in [1.82, 2.24) is 4.90 Å². The summed E-state index contributed by atoms with van der Waals surface area (Å²) in [6.45, 7) is 6.33. The van der Waals surface area contributed by atoms with Crippen LogP contribution in [-0.4, -0.2) is 37.1 Å². The summed E-state index contributed by atoms with van der Waals surface area (Å²) in [5, 5.41) is -1.01. The van der Waals surface area contributed by atoms with Gasteiger partial charge in [-0.3, -0.25) is 4.79 Å². The molecule has 112 valence electrons. The van der Waals surface area contributed by atoms with Crippen LogP contribution in [0.2, 0.25) is 0 Å². The van der Waals surface area contributed by atoms with Gasteiger partial charge in [-0.2, -0.15) is 0 Å². The van der Waals surface area contributed by atoms with Crippen LogP contribution in [0.5, 0.6) is 0 Å². The van der Waals surface area contributed by atoms with Crippen molar-refractivity contribution in [3.63, 3.8) is 0 Å². The van der Waals surface area contributed by atoms with Crippen molar-refractivity contribution in [2.75, 3.05) is 6.54 Å². The average Bonchev–Trinajstić information content (AvgIpc) is 3.01. The van der Waals surface area contributed by atoms with Crippen molar-refractivity contribution in [3.05, 3.63) is 42.5 Å². The minimum atomic E-state index is -3.67. The Balaban J connectivity index is 2.03. The van der Waals surface area contributed by atoms with Crippen LogP contribution in [0.4, 0.5) is 0 Å². The third-order valence-electron chi connectivity index (χ3n) is 4.58. The highest BCUT2D eigenvalue weighted by atomic mass is 32.2. The average molecular weight is 305 g/mol. The van der Waals surface area contributed by atoms with Gasteiger partial charge in [-0.25, -0.2) is 8.42 Å². The molecule has 5 heteroatoms. The minimum absolute atomic E-state index is 0.000207. The van der Waals surface area contributed by atoms with Gasteiger partial charge in [0.15, 0.2) is 15.1 Å². The Morgan fingerprint density at radius 1 is 1.29 bits per heavy atom. The fraction of sp³-hybridized carbons (Fsp3) is 0.438. The summed E-state index contributed by atoms with van der Waals surface area (Å²) in [4.78, 5) is 14.5. The molecule has 0 aromatic heterocycles. The molecule has 3 atom stereocenters. The zero-order valence-electron chi connectivity index (χ0n) is 12.0. The minimum Gasteiger partial charge on any atom is -0.338 e. The number of carbonyl (C=O) groups is 1. The molecular formula is C16H19NO3S. The maximum absolute atomic E-state index is 12.9. The van der Waals surface area contributed by atoms with Crippen molar-refractivity contribution in [2.45, 2.75) is 36.0 Å². The van der Waals surface area contributed by atoms with Crippen molar-refractivity contribution >= 4 is 15.7 Å². The van der Waals surface area contributed by atoms with E-state index in [0.29, 0.717) is 6.54 Å². The maximum Gasteiger partial charge on any atom is 0.242 e. The first kappa shape index (κ1) is 14.3. The van der Waals surface area contributed by atoms with Crippen molar-refractivity contribution in [2.24, 2.45) is 5.92 Å². The number of nitrogens with zero attached hydrogens (tertiary/aromatic N) is 1. The third kappa shape index (κ3) is 2.11. The van der Waals surface area contributed by atoms with E-state index in [9.17, 15) is 13.2 Å². The number of hydrogen-bond donors (Lipinski definition) is 0. The zero-order valence-corrected chi connectivity index (χ0v) is 12.8. The van der Waals surface area contributed by atoms with E-state index in [2.05, 4.69) is 6.58 Å². The number of benzene rings is 1. The van der Waals surface area contributed by atoms with Crippen LogP contribution in [0.3, 0.4) is 0 Å². The largest absolute Gasteiger partial charge is 0.338 e. The predicted octanol–water partition coefficient (Wildman–Crippen LogP) is 1.94. The van der Waals surface area contributed by atoms with Crippen LogP contribution >= 0.6 is 0 Å². The number of fused-ring (bicyclic) bond motifs is 1. The Morgan fingerprint density at radius 2 is 1.95 bits per heavy atom. The highest BCUT2D eigenvalue weighted by Crippen LogP contribution is 2.39. The Kier molecular flexibility index (Phi) is 3.40. The van der Waals surface area contributed by atoms with Crippen LogP contribution in [-0.2, 0) is 14.6 Å². The second-order valence-electron chi connectivity index (χ2n) is 5.83. The second-order valence-corrected chi connectivity index (χ2v) is 7.90. The smallest absolute Gasteiger partial charge is 0.242 e. The molecule has 0 aliphatic carbocycles.